The van der Waals surface area contributed by atoms with Crippen molar-refractivity contribution < 1.29 is 24.5 Å². The Morgan fingerprint density at radius 1 is 1.50 bits per heavy atom. The lowest BCUT2D eigenvalue weighted by molar-refractivity contribution is -0.140. The minimum absolute atomic E-state index is 0.133. The van der Waals surface area contributed by atoms with Gasteiger partial charge < -0.3 is 25.2 Å². The summed E-state index contributed by atoms with van der Waals surface area (Å²) < 4.78 is 4.81. The first-order chi connectivity index (χ1) is 8.56. The zero-order chi connectivity index (χ0) is 14.0. The van der Waals surface area contributed by atoms with Crippen molar-refractivity contribution in [2.45, 2.75) is 12.5 Å². The summed E-state index contributed by atoms with van der Waals surface area (Å²) in [4.78, 5) is 23.6. The SMILES string of the molecule is COCCN(CCC#N)C(=O)NC(CO)C(=O)O. The Hall–Kier alpha value is -1.85. The molecule has 0 bridgehead atoms. The molecule has 0 heterocycles. The topological polar surface area (TPSA) is 123 Å². The van der Waals surface area contributed by atoms with E-state index in [1.165, 1.54) is 12.0 Å². The number of nitriles is 1. The van der Waals surface area contributed by atoms with Crippen LogP contribution in [0.2, 0.25) is 0 Å². The third-order valence-corrected chi connectivity index (χ3v) is 2.12. The van der Waals surface area contributed by atoms with E-state index in [0.717, 1.165) is 0 Å². The van der Waals surface area contributed by atoms with E-state index >= 15 is 0 Å². The van der Waals surface area contributed by atoms with E-state index in [1.54, 1.807) is 0 Å². The maximum atomic E-state index is 11.7. The second kappa shape index (κ2) is 9.21. The molecule has 1 unspecified atom stereocenters. The molecule has 0 aliphatic rings. The second-order valence-corrected chi connectivity index (χ2v) is 3.41. The molecule has 8 nitrogen and oxygen atoms in total. The lowest BCUT2D eigenvalue weighted by atomic mass is 10.3. The maximum absolute atomic E-state index is 11.7. The van der Waals surface area contributed by atoms with Crippen LogP contribution in [0.5, 0.6) is 0 Å². The molecule has 0 aromatic heterocycles. The van der Waals surface area contributed by atoms with Gasteiger partial charge in [0, 0.05) is 20.2 Å². The third-order valence-electron chi connectivity index (χ3n) is 2.12. The van der Waals surface area contributed by atoms with Gasteiger partial charge >= 0.3 is 12.0 Å². The number of aliphatic hydroxyl groups excluding tert-OH is 1. The van der Waals surface area contributed by atoms with Crippen LogP contribution in [0.1, 0.15) is 6.42 Å². The first-order valence-electron chi connectivity index (χ1n) is 5.31. The summed E-state index contributed by atoms with van der Waals surface area (Å²) in [6.45, 7) is -0.0155. The highest BCUT2D eigenvalue weighted by atomic mass is 16.5. The molecule has 0 saturated carbocycles. The highest BCUT2D eigenvalue weighted by molar-refractivity contribution is 5.82. The predicted molar refractivity (Wildman–Crippen MR) is 60.7 cm³/mol. The molecule has 0 spiro atoms. The number of ether oxygens (including phenoxy) is 1. The normalized spacial score (nSPS) is 11.4. The number of aliphatic carboxylic acids is 1. The van der Waals surface area contributed by atoms with Crippen molar-refractivity contribution in [3.63, 3.8) is 0 Å². The largest absolute Gasteiger partial charge is 0.480 e. The molecule has 0 rings (SSSR count). The maximum Gasteiger partial charge on any atom is 0.328 e. The smallest absolute Gasteiger partial charge is 0.328 e. The van der Waals surface area contributed by atoms with Gasteiger partial charge in [-0.25, -0.2) is 9.59 Å². The van der Waals surface area contributed by atoms with Gasteiger partial charge in [0.1, 0.15) is 0 Å². The van der Waals surface area contributed by atoms with E-state index in [2.05, 4.69) is 5.32 Å². The number of nitrogens with zero attached hydrogens (tertiary/aromatic N) is 2. The Balaban J connectivity index is 4.43. The van der Waals surface area contributed by atoms with Crippen molar-refractivity contribution in [3.05, 3.63) is 0 Å². The lowest BCUT2D eigenvalue weighted by Gasteiger charge is -2.23. The molecule has 0 saturated heterocycles. The van der Waals surface area contributed by atoms with Crippen LogP contribution in [0.3, 0.4) is 0 Å². The number of hydrogen-bond acceptors (Lipinski definition) is 5. The number of hydrogen-bond donors (Lipinski definition) is 3. The molecule has 0 radical (unpaired) electrons. The number of carbonyl (C=O) groups excluding carboxylic acids is 1. The summed E-state index contributed by atoms with van der Waals surface area (Å²) in [6.07, 6.45) is 0.133. The van der Waals surface area contributed by atoms with Crippen molar-refractivity contribution >= 4 is 12.0 Å². The molecular formula is C10H17N3O5. The Morgan fingerprint density at radius 2 is 2.17 bits per heavy atom. The monoisotopic (exact) mass is 259 g/mol. The second-order valence-electron chi connectivity index (χ2n) is 3.41. The zero-order valence-electron chi connectivity index (χ0n) is 10.1. The number of methoxy groups -OCH3 is 1. The minimum atomic E-state index is -1.36. The molecule has 0 aromatic rings. The fourth-order valence-electron chi connectivity index (χ4n) is 1.13. The van der Waals surface area contributed by atoms with E-state index in [4.69, 9.17) is 20.2 Å². The fraction of sp³-hybridized carbons (Fsp3) is 0.700. The van der Waals surface area contributed by atoms with Crippen molar-refractivity contribution in [2.24, 2.45) is 0 Å². The standard InChI is InChI=1S/C10H17N3O5/c1-18-6-5-13(4-2-3-11)10(17)12-8(7-14)9(15)16/h8,14H,2,4-7H2,1H3,(H,12,17)(H,15,16). The lowest BCUT2D eigenvalue weighted by Crippen LogP contribution is -2.50. The van der Waals surface area contributed by atoms with E-state index < -0.39 is 24.6 Å². The summed E-state index contributed by atoms with van der Waals surface area (Å²) in [7, 11) is 1.47. The molecule has 0 fully saturated rings. The Bertz CT molecular complexity index is 315. The van der Waals surface area contributed by atoms with E-state index in [1.807, 2.05) is 6.07 Å². The highest BCUT2D eigenvalue weighted by Crippen LogP contribution is 1.95. The zero-order valence-corrected chi connectivity index (χ0v) is 10.1. The summed E-state index contributed by atoms with van der Waals surface area (Å²) in [5.41, 5.74) is 0. The molecule has 0 aliphatic heterocycles. The van der Waals surface area contributed by atoms with Crippen LogP contribution in [0.4, 0.5) is 4.79 Å². The fourth-order valence-corrected chi connectivity index (χ4v) is 1.13. The van der Waals surface area contributed by atoms with Gasteiger partial charge in [0.2, 0.25) is 0 Å². The molecule has 102 valence electrons. The van der Waals surface area contributed by atoms with Crippen molar-refractivity contribution in [1.82, 2.24) is 10.2 Å². The van der Waals surface area contributed by atoms with Gasteiger partial charge in [0.25, 0.3) is 0 Å². The number of rotatable bonds is 8. The minimum Gasteiger partial charge on any atom is -0.480 e. The van der Waals surface area contributed by atoms with Gasteiger partial charge in [-0.1, -0.05) is 0 Å². The molecule has 0 aliphatic carbocycles. The van der Waals surface area contributed by atoms with E-state index in [9.17, 15) is 9.59 Å². The molecule has 2 amide bonds. The summed E-state index contributed by atoms with van der Waals surface area (Å²) in [6, 6.07) is -0.115. The van der Waals surface area contributed by atoms with Crippen LogP contribution in [-0.2, 0) is 9.53 Å². The molecule has 3 N–H and O–H groups in total. The van der Waals surface area contributed by atoms with E-state index in [-0.39, 0.29) is 26.1 Å². The number of amides is 2. The quantitative estimate of drug-likeness (QED) is 0.514. The number of aliphatic hydroxyl groups is 1. The van der Waals surface area contributed by atoms with Gasteiger partial charge in [-0.2, -0.15) is 5.26 Å². The summed E-state index contributed by atoms with van der Waals surface area (Å²) in [5, 5.41) is 28.1. The number of carboxylic acid groups (broad SMARTS) is 1. The van der Waals surface area contributed by atoms with Crippen LogP contribution in [0.25, 0.3) is 0 Å². The van der Waals surface area contributed by atoms with Gasteiger partial charge in [-0.15, -0.1) is 0 Å². The predicted octanol–water partition coefficient (Wildman–Crippen LogP) is -0.996. The molecule has 8 heteroatoms. The van der Waals surface area contributed by atoms with Gasteiger partial charge in [0.15, 0.2) is 6.04 Å². The summed E-state index contributed by atoms with van der Waals surface area (Å²) >= 11 is 0. The Kier molecular flexibility index (Phi) is 8.26. The van der Waals surface area contributed by atoms with Crippen LogP contribution in [0, 0.1) is 11.3 Å². The molecule has 0 aromatic carbocycles. The number of urea groups is 1. The van der Waals surface area contributed by atoms with Crippen molar-refractivity contribution in [3.8, 4) is 6.07 Å². The Labute approximate surface area is 105 Å². The van der Waals surface area contributed by atoms with Gasteiger partial charge in [-0.05, 0) is 0 Å². The van der Waals surface area contributed by atoms with Crippen LogP contribution < -0.4 is 5.32 Å². The average molecular weight is 259 g/mol. The van der Waals surface area contributed by atoms with E-state index in [0.29, 0.717) is 0 Å². The molecule has 1 atom stereocenters. The van der Waals surface area contributed by atoms with Gasteiger partial charge in [-0.3, -0.25) is 0 Å². The number of nitrogens with one attached hydrogen (secondary N) is 1. The Morgan fingerprint density at radius 3 is 2.61 bits per heavy atom. The van der Waals surface area contributed by atoms with Crippen molar-refractivity contribution in [1.29, 1.82) is 5.26 Å². The third kappa shape index (κ3) is 6.03. The van der Waals surface area contributed by atoms with Crippen LogP contribution in [-0.4, -0.2) is 66.6 Å². The first kappa shape index (κ1) is 16.1. The van der Waals surface area contributed by atoms with Crippen LogP contribution in [0.15, 0.2) is 0 Å². The van der Waals surface area contributed by atoms with Gasteiger partial charge in [0.05, 0.1) is 25.7 Å². The number of carbonyl (C=O) groups is 2. The highest BCUT2D eigenvalue weighted by Gasteiger charge is 2.22. The van der Waals surface area contributed by atoms with Crippen molar-refractivity contribution in [2.75, 3.05) is 33.4 Å². The van der Waals surface area contributed by atoms with Crippen LogP contribution >= 0.6 is 0 Å². The first-order valence-corrected chi connectivity index (χ1v) is 5.31. The number of carboxylic acids is 1. The average Bonchev–Trinajstić information content (AvgIpc) is 2.35. The summed E-state index contributed by atoms with van der Waals surface area (Å²) in [5.74, 6) is -1.32. The molecule has 18 heavy (non-hydrogen) atoms. The molecular weight excluding hydrogens is 242 g/mol.